The number of hydrogen-bond acceptors (Lipinski definition) is 1. The van der Waals surface area contributed by atoms with Gasteiger partial charge >= 0.3 is 0 Å². The van der Waals surface area contributed by atoms with Gasteiger partial charge in [0.1, 0.15) is 0 Å². The summed E-state index contributed by atoms with van der Waals surface area (Å²) in [7, 11) is 0. The molecular formula is C28H15NS. The largest absolute Gasteiger partial charge is 0.353 e. The summed E-state index contributed by atoms with van der Waals surface area (Å²) in [5.41, 5.74) is 7.81. The van der Waals surface area contributed by atoms with Gasteiger partial charge in [-0.2, -0.15) is 0 Å². The molecule has 0 bridgehead atoms. The first-order valence-electron chi connectivity index (χ1n) is 10.3. The Bertz CT molecular complexity index is 1850. The number of H-pyrrole nitrogens is 1. The van der Waals surface area contributed by atoms with Crippen LogP contribution in [-0.4, -0.2) is 4.98 Å². The van der Waals surface area contributed by atoms with Crippen molar-refractivity contribution in [3.05, 3.63) is 84.9 Å². The topological polar surface area (TPSA) is 15.8 Å². The maximum atomic E-state index is 3.82. The standard InChI is InChI=1S/C28H15NS/c1-2-8-16-15(7-1)17-10-5-12-20-23(17)26-25-18(16)11-6-13-21(25)29-27(26)28-24(20)19-9-3-4-14-22(19)30-28/h1-14,29H. The highest BCUT2D eigenvalue weighted by Gasteiger charge is 2.25. The van der Waals surface area contributed by atoms with E-state index in [-0.39, 0.29) is 0 Å². The van der Waals surface area contributed by atoms with Crippen LogP contribution in [0.5, 0.6) is 0 Å². The van der Waals surface area contributed by atoms with Gasteiger partial charge in [0.15, 0.2) is 0 Å². The Morgan fingerprint density at radius 2 is 1.17 bits per heavy atom. The van der Waals surface area contributed by atoms with E-state index in [0.717, 1.165) is 0 Å². The number of aromatic amines is 1. The van der Waals surface area contributed by atoms with E-state index in [1.54, 1.807) is 0 Å². The molecule has 0 saturated heterocycles. The number of hydrogen-bond donors (Lipinski definition) is 1. The van der Waals surface area contributed by atoms with E-state index in [1.807, 2.05) is 11.3 Å². The fourth-order valence-electron chi connectivity index (χ4n) is 5.59. The highest BCUT2D eigenvalue weighted by Crippen LogP contribution is 2.52. The summed E-state index contributed by atoms with van der Waals surface area (Å²) in [4.78, 5) is 3.82. The molecule has 2 heterocycles. The first-order chi connectivity index (χ1) is 14.9. The monoisotopic (exact) mass is 397 g/mol. The van der Waals surface area contributed by atoms with Crippen molar-refractivity contribution in [1.29, 1.82) is 0 Å². The first kappa shape index (κ1) is 15.3. The Balaban J connectivity index is 1.83. The van der Waals surface area contributed by atoms with Crippen molar-refractivity contribution in [2.75, 3.05) is 0 Å². The second kappa shape index (κ2) is 5.10. The first-order valence-corrected chi connectivity index (χ1v) is 11.1. The SMILES string of the molecule is c1ccc2c(c1)-c1cccc3[nH]c4c5sc6ccccc6c5c5cccc-2c5c4c13. The van der Waals surface area contributed by atoms with Gasteiger partial charge < -0.3 is 4.98 Å². The molecule has 2 aromatic heterocycles. The molecule has 8 rings (SSSR count). The molecule has 0 amide bonds. The van der Waals surface area contributed by atoms with E-state index in [9.17, 15) is 0 Å². The van der Waals surface area contributed by atoms with Crippen LogP contribution in [0.3, 0.4) is 0 Å². The minimum absolute atomic E-state index is 1.22. The molecular weight excluding hydrogens is 382 g/mol. The van der Waals surface area contributed by atoms with Crippen LogP contribution in [-0.2, 0) is 0 Å². The van der Waals surface area contributed by atoms with Crippen molar-refractivity contribution in [2.45, 2.75) is 0 Å². The molecule has 30 heavy (non-hydrogen) atoms. The van der Waals surface area contributed by atoms with Gasteiger partial charge in [-0.25, -0.2) is 0 Å². The minimum Gasteiger partial charge on any atom is -0.353 e. The van der Waals surface area contributed by atoms with E-state index in [2.05, 4.69) is 89.9 Å². The van der Waals surface area contributed by atoms with Crippen molar-refractivity contribution < 1.29 is 0 Å². The van der Waals surface area contributed by atoms with Gasteiger partial charge in [-0.3, -0.25) is 0 Å². The van der Waals surface area contributed by atoms with Crippen molar-refractivity contribution in [1.82, 2.24) is 4.98 Å². The van der Waals surface area contributed by atoms with Crippen molar-refractivity contribution in [2.24, 2.45) is 0 Å². The van der Waals surface area contributed by atoms with Gasteiger partial charge in [0, 0.05) is 37.1 Å². The van der Waals surface area contributed by atoms with Crippen LogP contribution in [0.25, 0.3) is 75.0 Å². The van der Waals surface area contributed by atoms with Gasteiger partial charge in [-0.05, 0) is 39.8 Å². The molecule has 5 aromatic carbocycles. The van der Waals surface area contributed by atoms with Gasteiger partial charge in [-0.1, -0.05) is 72.8 Å². The summed E-state index contributed by atoms with van der Waals surface area (Å²) in [6.07, 6.45) is 0. The Labute approximate surface area is 176 Å². The van der Waals surface area contributed by atoms with E-state index >= 15 is 0 Å². The van der Waals surface area contributed by atoms with Crippen molar-refractivity contribution in [3.8, 4) is 22.3 Å². The quantitative estimate of drug-likeness (QED) is 0.264. The van der Waals surface area contributed by atoms with E-state index in [0.29, 0.717) is 0 Å². The number of benzene rings is 5. The Kier molecular flexibility index (Phi) is 2.59. The van der Waals surface area contributed by atoms with Crippen molar-refractivity contribution in [3.63, 3.8) is 0 Å². The molecule has 1 nitrogen and oxygen atoms in total. The lowest BCUT2D eigenvalue weighted by Crippen LogP contribution is -1.85. The van der Waals surface area contributed by atoms with Crippen LogP contribution in [0, 0.1) is 0 Å². The summed E-state index contributed by atoms with van der Waals surface area (Å²) < 4.78 is 2.71. The number of nitrogens with one attached hydrogen (secondary N) is 1. The molecule has 1 N–H and O–H groups in total. The average molecular weight is 398 g/mol. The van der Waals surface area contributed by atoms with E-state index in [4.69, 9.17) is 0 Å². The summed E-state index contributed by atoms with van der Waals surface area (Å²) in [6, 6.07) is 31.2. The zero-order valence-corrected chi connectivity index (χ0v) is 16.8. The zero-order valence-electron chi connectivity index (χ0n) is 16.0. The maximum absolute atomic E-state index is 3.82. The zero-order chi connectivity index (χ0) is 19.4. The molecule has 0 aliphatic heterocycles. The third-order valence-electron chi connectivity index (χ3n) is 6.74. The van der Waals surface area contributed by atoms with Gasteiger partial charge in [0.25, 0.3) is 0 Å². The van der Waals surface area contributed by atoms with Gasteiger partial charge in [0.2, 0.25) is 0 Å². The molecule has 1 aliphatic rings. The highest BCUT2D eigenvalue weighted by molar-refractivity contribution is 7.27. The van der Waals surface area contributed by atoms with Crippen LogP contribution < -0.4 is 0 Å². The fraction of sp³-hybridized carbons (Fsp3) is 0. The number of thiophene rings is 1. The van der Waals surface area contributed by atoms with Gasteiger partial charge in [-0.15, -0.1) is 11.3 Å². The average Bonchev–Trinajstić information content (AvgIpc) is 3.34. The number of aromatic nitrogens is 1. The maximum Gasteiger partial charge on any atom is 0.0653 e. The second-order valence-electron chi connectivity index (χ2n) is 8.18. The molecule has 0 spiro atoms. The van der Waals surface area contributed by atoms with Crippen LogP contribution in [0.15, 0.2) is 84.9 Å². The molecule has 0 radical (unpaired) electrons. The van der Waals surface area contributed by atoms with Crippen LogP contribution in [0.4, 0.5) is 0 Å². The van der Waals surface area contributed by atoms with Gasteiger partial charge in [0.05, 0.1) is 10.2 Å². The van der Waals surface area contributed by atoms with Crippen LogP contribution in [0.2, 0.25) is 0 Å². The minimum atomic E-state index is 1.22. The highest BCUT2D eigenvalue weighted by atomic mass is 32.1. The summed E-state index contributed by atoms with van der Waals surface area (Å²) >= 11 is 1.91. The predicted octanol–water partition coefficient (Wildman–Crippen LogP) is 8.49. The summed E-state index contributed by atoms with van der Waals surface area (Å²) in [5.74, 6) is 0. The molecule has 2 heteroatoms. The van der Waals surface area contributed by atoms with Crippen LogP contribution >= 0.6 is 11.3 Å². The number of rotatable bonds is 0. The predicted molar refractivity (Wildman–Crippen MR) is 131 cm³/mol. The second-order valence-corrected chi connectivity index (χ2v) is 9.23. The lowest BCUT2D eigenvalue weighted by atomic mass is 9.92. The summed E-state index contributed by atoms with van der Waals surface area (Å²) in [6.45, 7) is 0. The van der Waals surface area contributed by atoms with E-state index < -0.39 is 0 Å². The summed E-state index contributed by atoms with van der Waals surface area (Å²) in [5, 5.41) is 8.21. The van der Waals surface area contributed by atoms with Crippen molar-refractivity contribution >= 4 is 64.1 Å². The lowest BCUT2D eigenvalue weighted by Gasteiger charge is -2.12. The molecule has 0 fully saturated rings. The Morgan fingerprint density at radius 1 is 0.500 bits per heavy atom. The Morgan fingerprint density at radius 3 is 2.03 bits per heavy atom. The van der Waals surface area contributed by atoms with Crippen LogP contribution in [0.1, 0.15) is 0 Å². The Hall–Kier alpha value is -3.62. The molecule has 7 aromatic rings. The fourth-order valence-corrected chi connectivity index (χ4v) is 6.81. The van der Waals surface area contributed by atoms with E-state index in [1.165, 1.54) is 75.0 Å². The normalized spacial score (nSPS) is 12.7. The smallest absolute Gasteiger partial charge is 0.0653 e. The molecule has 138 valence electrons. The molecule has 0 saturated carbocycles. The third-order valence-corrected chi connectivity index (χ3v) is 7.93. The number of fused-ring (bicyclic) bond motifs is 8. The molecule has 0 unspecified atom stereocenters. The molecule has 0 atom stereocenters. The lowest BCUT2D eigenvalue weighted by molar-refractivity contribution is 1.56. The third kappa shape index (κ3) is 1.63. The molecule has 1 aliphatic carbocycles.